The highest BCUT2D eigenvalue weighted by Gasteiger charge is 2.51. The summed E-state index contributed by atoms with van der Waals surface area (Å²) in [4.78, 5) is 23.9. The van der Waals surface area contributed by atoms with Crippen molar-refractivity contribution in [3.63, 3.8) is 0 Å². The Kier molecular flexibility index (Phi) is 7.02. The third-order valence-electron chi connectivity index (χ3n) is 6.43. The van der Waals surface area contributed by atoms with E-state index in [9.17, 15) is 14.7 Å². The lowest BCUT2D eigenvalue weighted by molar-refractivity contribution is -0.154. The number of hydrogen-bond donors (Lipinski definition) is 1. The Labute approximate surface area is 185 Å². The van der Waals surface area contributed by atoms with Gasteiger partial charge in [-0.2, -0.15) is 0 Å². The quantitative estimate of drug-likeness (QED) is 0.527. The number of benzene rings is 2. The van der Waals surface area contributed by atoms with Crippen molar-refractivity contribution in [3.05, 3.63) is 60.7 Å². The van der Waals surface area contributed by atoms with Crippen molar-refractivity contribution in [2.45, 2.75) is 38.7 Å². The molecule has 0 aliphatic heterocycles. The van der Waals surface area contributed by atoms with Gasteiger partial charge >= 0.3 is 11.9 Å². The molecule has 6 heteroatoms. The normalized spacial score (nSPS) is 21.6. The molecule has 1 aliphatic rings. The van der Waals surface area contributed by atoms with Crippen LogP contribution >= 0.6 is 0 Å². The first kappa shape index (κ1) is 23.2. The number of esters is 1. The van der Waals surface area contributed by atoms with Crippen molar-refractivity contribution < 1.29 is 23.9 Å². The summed E-state index contributed by atoms with van der Waals surface area (Å²) < 4.78 is 11.8. The standard InChI is InChI=1S/C25H32O5Si/c1-25(2,3)31(19-11-7-5-8-12-19,20-13-9-6-10-14-20)30-17-18-15-21(23(26)27)22(16-18)24(28)29-4/h5-14,18,21-22H,15-17H2,1-4H3,(H,26,27)/t18?,21-,22-/m0/s1. The summed E-state index contributed by atoms with van der Waals surface area (Å²) >= 11 is 0. The second-order valence-corrected chi connectivity index (χ2v) is 13.7. The van der Waals surface area contributed by atoms with Gasteiger partial charge < -0.3 is 14.3 Å². The summed E-state index contributed by atoms with van der Waals surface area (Å²) in [6.45, 7) is 7.06. The van der Waals surface area contributed by atoms with Gasteiger partial charge in [0.2, 0.25) is 0 Å². The molecule has 1 N–H and O–H groups in total. The zero-order valence-electron chi connectivity index (χ0n) is 18.7. The van der Waals surface area contributed by atoms with Gasteiger partial charge in [0.1, 0.15) is 0 Å². The summed E-state index contributed by atoms with van der Waals surface area (Å²) in [7, 11) is -1.37. The predicted molar refractivity (Wildman–Crippen MR) is 123 cm³/mol. The van der Waals surface area contributed by atoms with Crippen LogP contribution in [0, 0.1) is 17.8 Å². The second kappa shape index (κ2) is 9.36. The van der Waals surface area contributed by atoms with E-state index >= 15 is 0 Å². The van der Waals surface area contributed by atoms with Crippen LogP contribution in [0.25, 0.3) is 0 Å². The van der Waals surface area contributed by atoms with Crippen LogP contribution in [-0.2, 0) is 18.8 Å². The van der Waals surface area contributed by atoms with Crippen LogP contribution in [-0.4, -0.2) is 39.1 Å². The summed E-state index contributed by atoms with van der Waals surface area (Å²) in [5.41, 5.74) is 0. The van der Waals surface area contributed by atoms with E-state index in [1.54, 1.807) is 0 Å². The average Bonchev–Trinajstić information content (AvgIpc) is 3.19. The van der Waals surface area contributed by atoms with Crippen LogP contribution in [0.5, 0.6) is 0 Å². The molecule has 3 atom stereocenters. The predicted octanol–water partition coefficient (Wildman–Crippen LogP) is 3.46. The number of aliphatic carboxylic acids is 1. The topological polar surface area (TPSA) is 72.8 Å². The highest BCUT2D eigenvalue weighted by molar-refractivity contribution is 6.99. The van der Waals surface area contributed by atoms with Crippen molar-refractivity contribution in [2.75, 3.05) is 13.7 Å². The van der Waals surface area contributed by atoms with Crippen LogP contribution in [0.3, 0.4) is 0 Å². The number of carboxylic acid groups (broad SMARTS) is 1. The third-order valence-corrected chi connectivity index (χ3v) is 11.4. The Morgan fingerprint density at radius 1 is 0.935 bits per heavy atom. The van der Waals surface area contributed by atoms with E-state index in [2.05, 4.69) is 45.0 Å². The molecule has 0 spiro atoms. The smallest absolute Gasteiger partial charge is 0.309 e. The molecule has 0 amide bonds. The summed E-state index contributed by atoms with van der Waals surface area (Å²) in [6, 6.07) is 20.7. The number of carbonyl (C=O) groups is 2. The van der Waals surface area contributed by atoms with Gasteiger partial charge in [0.15, 0.2) is 0 Å². The van der Waals surface area contributed by atoms with Crippen LogP contribution in [0.1, 0.15) is 33.6 Å². The Bertz CT molecular complexity index is 852. The Balaban J connectivity index is 1.95. The van der Waals surface area contributed by atoms with E-state index in [1.807, 2.05) is 36.4 Å². The molecule has 1 unspecified atom stereocenters. The molecule has 166 valence electrons. The summed E-state index contributed by atoms with van der Waals surface area (Å²) in [6.07, 6.45) is 0.898. The minimum Gasteiger partial charge on any atom is -0.481 e. The third kappa shape index (κ3) is 4.60. The molecule has 0 radical (unpaired) electrons. The van der Waals surface area contributed by atoms with Gasteiger partial charge in [0, 0.05) is 6.61 Å². The lowest BCUT2D eigenvalue weighted by Gasteiger charge is -2.43. The lowest BCUT2D eigenvalue weighted by Crippen LogP contribution is -2.66. The van der Waals surface area contributed by atoms with E-state index < -0.39 is 32.1 Å². The van der Waals surface area contributed by atoms with Crippen LogP contribution < -0.4 is 10.4 Å². The van der Waals surface area contributed by atoms with Gasteiger partial charge in [0.25, 0.3) is 8.32 Å². The highest BCUT2D eigenvalue weighted by Crippen LogP contribution is 2.41. The number of hydrogen-bond acceptors (Lipinski definition) is 4. The zero-order valence-corrected chi connectivity index (χ0v) is 19.7. The molecule has 0 aromatic heterocycles. The second-order valence-electron chi connectivity index (χ2n) is 9.39. The fraction of sp³-hybridized carbons (Fsp3) is 0.440. The van der Waals surface area contributed by atoms with Crippen LogP contribution in [0.15, 0.2) is 60.7 Å². The number of methoxy groups -OCH3 is 1. The number of ether oxygens (including phenoxy) is 1. The highest BCUT2D eigenvalue weighted by atomic mass is 28.4. The Morgan fingerprint density at radius 3 is 1.84 bits per heavy atom. The fourth-order valence-corrected chi connectivity index (χ4v) is 9.61. The van der Waals surface area contributed by atoms with Crippen molar-refractivity contribution >= 4 is 30.6 Å². The van der Waals surface area contributed by atoms with Gasteiger partial charge in [-0.15, -0.1) is 0 Å². The van der Waals surface area contributed by atoms with Gasteiger partial charge in [-0.1, -0.05) is 81.4 Å². The molecule has 3 rings (SSSR count). The Hall–Kier alpha value is -2.44. The van der Waals surface area contributed by atoms with Gasteiger partial charge in [-0.25, -0.2) is 0 Å². The number of rotatable bonds is 7. The average molecular weight is 441 g/mol. The van der Waals surface area contributed by atoms with E-state index in [4.69, 9.17) is 9.16 Å². The van der Waals surface area contributed by atoms with Crippen molar-refractivity contribution in [1.29, 1.82) is 0 Å². The van der Waals surface area contributed by atoms with Crippen LogP contribution in [0.2, 0.25) is 5.04 Å². The number of carbonyl (C=O) groups excluding carboxylic acids is 1. The minimum absolute atomic E-state index is 0.00755. The molecule has 1 aliphatic carbocycles. The summed E-state index contributed by atoms with van der Waals surface area (Å²) in [5, 5.41) is 11.8. The van der Waals surface area contributed by atoms with E-state index in [1.165, 1.54) is 17.5 Å². The molecule has 0 bridgehead atoms. The van der Waals surface area contributed by atoms with E-state index in [0.29, 0.717) is 19.4 Å². The largest absolute Gasteiger partial charge is 0.481 e. The first-order chi connectivity index (χ1) is 14.7. The molecular weight excluding hydrogens is 408 g/mol. The molecule has 2 aromatic rings. The lowest BCUT2D eigenvalue weighted by atomic mass is 9.97. The zero-order chi connectivity index (χ0) is 22.6. The van der Waals surface area contributed by atoms with Crippen molar-refractivity contribution in [1.82, 2.24) is 0 Å². The SMILES string of the molecule is COC(=O)[C@H]1CC(CO[Si](c2ccccc2)(c2ccccc2)C(C)(C)C)C[C@@H]1C(=O)O. The molecule has 1 saturated carbocycles. The molecule has 0 heterocycles. The Morgan fingerprint density at radius 2 is 1.42 bits per heavy atom. The minimum atomic E-state index is -2.69. The molecule has 1 fully saturated rings. The first-order valence-electron chi connectivity index (χ1n) is 10.8. The van der Waals surface area contributed by atoms with Gasteiger partial charge in [-0.05, 0) is 34.2 Å². The fourth-order valence-electron chi connectivity index (χ4n) is 4.97. The van der Waals surface area contributed by atoms with Crippen molar-refractivity contribution in [2.24, 2.45) is 17.8 Å². The van der Waals surface area contributed by atoms with Crippen molar-refractivity contribution in [3.8, 4) is 0 Å². The number of carboxylic acids is 1. The van der Waals surface area contributed by atoms with E-state index in [0.717, 1.165) is 0 Å². The monoisotopic (exact) mass is 440 g/mol. The maximum Gasteiger partial charge on any atom is 0.309 e. The maximum absolute atomic E-state index is 12.2. The first-order valence-corrected chi connectivity index (χ1v) is 12.7. The molecular formula is C25H32O5Si. The van der Waals surface area contributed by atoms with Gasteiger partial charge in [0.05, 0.1) is 18.9 Å². The molecule has 0 saturated heterocycles. The maximum atomic E-state index is 12.2. The van der Waals surface area contributed by atoms with E-state index in [-0.39, 0.29) is 11.0 Å². The molecule has 2 aromatic carbocycles. The molecule has 31 heavy (non-hydrogen) atoms. The van der Waals surface area contributed by atoms with Crippen LogP contribution in [0.4, 0.5) is 0 Å². The molecule has 5 nitrogen and oxygen atoms in total. The van der Waals surface area contributed by atoms with Gasteiger partial charge in [-0.3, -0.25) is 9.59 Å². The summed E-state index contributed by atoms with van der Waals surface area (Å²) in [5.74, 6) is -2.73.